The van der Waals surface area contributed by atoms with Crippen LogP contribution in [0.2, 0.25) is 0 Å². The van der Waals surface area contributed by atoms with E-state index in [9.17, 15) is 9.59 Å². The highest BCUT2D eigenvalue weighted by Gasteiger charge is 2.21. The summed E-state index contributed by atoms with van der Waals surface area (Å²) in [7, 11) is 1.76. The van der Waals surface area contributed by atoms with Crippen molar-refractivity contribution in [1.29, 1.82) is 0 Å². The Hall–Kier alpha value is -1.49. The standard InChI is InChI=1S/C13H16N2O2S/c1-15-11-4-2-10(13(17)14-6-7-18)8-9(11)3-5-12(15)16/h2,4,8,18H,3,5-7H2,1H3,(H,14,17). The molecule has 4 nitrogen and oxygen atoms in total. The summed E-state index contributed by atoms with van der Waals surface area (Å²) in [6.45, 7) is 0.553. The number of benzene rings is 1. The molecule has 1 aromatic rings. The maximum atomic E-state index is 11.8. The van der Waals surface area contributed by atoms with Gasteiger partial charge in [0.1, 0.15) is 0 Å². The maximum Gasteiger partial charge on any atom is 0.251 e. The molecule has 0 spiro atoms. The first-order chi connectivity index (χ1) is 8.63. The summed E-state index contributed by atoms with van der Waals surface area (Å²) in [5.41, 5.74) is 2.59. The quantitative estimate of drug-likeness (QED) is 0.807. The molecule has 0 bridgehead atoms. The third-order valence-electron chi connectivity index (χ3n) is 3.08. The predicted molar refractivity (Wildman–Crippen MR) is 74.4 cm³/mol. The average molecular weight is 264 g/mol. The molecule has 0 radical (unpaired) electrons. The molecule has 96 valence electrons. The van der Waals surface area contributed by atoms with E-state index in [0.717, 1.165) is 11.3 Å². The van der Waals surface area contributed by atoms with Gasteiger partial charge in [0.05, 0.1) is 0 Å². The molecule has 1 aliphatic heterocycles. The fraction of sp³-hybridized carbons (Fsp3) is 0.385. The Labute approximate surface area is 112 Å². The van der Waals surface area contributed by atoms with Crippen molar-refractivity contribution in [3.05, 3.63) is 29.3 Å². The van der Waals surface area contributed by atoms with Gasteiger partial charge in [-0.3, -0.25) is 9.59 Å². The van der Waals surface area contributed by atoms with E-state index in [1.807, 2.05) is 12.1 Å². The minimum absolute atomic E-state index is 0.0913. The van der Waals surface area contributed by atoms with Crippen LogP contribution in [-0.4, -0.2) is 31.2 Å². The largest absolute Gasteiger partial charge is 0.351 e. The molecule has 1 aromatic carbocycles. The number of hydrogen-bond acceptors (Lipinski definition) is 3. The van der Waals surface area contributed by atoms with Gasteiger partial charge in [0, 0.05) is 37.0 Å². The monoisotopic (exact) mass is 264 g/mol. The zero-order valence-corrected chi connectivity index (χ0v) is 11.2. The van der Waals surface area contributed by atoms with Gasteiger partial charge in [-0.25, -0.2) is 0 Å². The second-order valence-corrected chi connectivity index (χ2v) is 4.72. The minimum Gasteiger partial charge on any atom is -0.351 e. The molecule has 1 aliphatic rings. The molecule has 0 aromatic heterocycles. The minimum atomic E-state index is -0.0913. The van der Waals surface area contributed by atoms with Gasteiger partial charge in [-0.15, -0.1) is 0 Å². The number of nitrogens with one attached hydrogen (secondary N) is 1. The van der Waals surface area contributed by atoms with Gasteiger partial charge < -0.3 is 10.2 Å². The molecule has 0 atom stereocenters. The maximum absolute atomic E-state index is 11.8. The molecule has 2 amide bonds. The lowest BCUT2D eigenvalue weighted by molar-refractivity contribution is -0.118. The first kappa shape index (κ1) is 13.0. The van der Waals surface area contributed by atoms with Gasteiger partial charge in [-0.1, -0.05) is 0 Å². The molecular formula is C13H16N2O2S. The second kappa shape index (κ2) is 5.44. The molecule has 0 fully saturated rings. The zero-order chi connectivity index (χ0) is 13.1. The van der Waals surface area contributed by atoms with E-state index in [-0.39, 0.29) is 11.8 Å². The molecule has 0 aliphatic carbocycles. The lowest BCUT2D eigenvalue weighted by Gasteiger charge is -2.26. The van der Waals surface area contributed by atoms with Crippen LogP contribution in [0.1, 0.15) is 22.3 Å². The normalized spacial score (nSPS) is 14.3. The zero-order valence-electron chi connectivity index (χ0n) is 10.3. The number of rotatable bonds is 3. The first-order valence-electron chi connectivity index (χ1n) is 5.92. The van der Waals surface area contributed by atoms with Crippen LogP contribution in [0.4, 0.5) is 5.69 Å². The fourth-order valence-electron chi connectivity index (χ4n) is 2.07. The number of aryl methyl sites for hydroxylation is 1. The van der Waals surface area contributed by atoms with E-state index in [1.54, 1.807) is 18.0 Å². The van der Waals surface area contributed by atoms with Crippen molar-refractivity contribution in [3.63, 3.8) is 0 Å². The van der Waals surface area contributed by atoms with Crippen LogP contribution in [-0.2, 0) is 11.2 Å². The average Bonchev–Trinajstić information content (AvgIpc) is 2.40. The van der Waals surface area contributed by atoms with Crippen LogP contribution >= 0.6 is 12.6 Å². The SMILES string of the molecule is CN1C(=O)CCc2cc(C(=O)NCCS)ccc21. The Morgan fingerprint density at radius 2 is 2.22 bits per heavy atom. The fourth-order valence-corrected chi connectivity index (χ4v) is 2.18. The lowest BCUT2D eigenvalue weighted by atomic mass is 9.99. The summed E-state index contributed by atoms with van der Waals surface area (Å²) in [4.78, 5) is 25.0. The number of amides is 2. The van der Waals surface area contributed by atoms with Crippen LogP contribution < -0.4 is 10.2 Å². The Kier molecular flexibility index (Phi) is 3.91. The molecule has 1 N–H and O–H groups in total. The van der Waals surface area contributed by atoms with Crippen molar-refractivity contribution in [2.24, 2.45) is 0 Å². The summed E-state index contributed by atoms with van der Waals surface area (Å²) in [5, 5.41) is 2.78. The third kappa shape index (κ3) is 2.51. The van der Waals surface area contributed by atoms with Gasteiger partial charge in [0.2, 0.25) is 5.91 Å². The highest BCUT2D eigenvalue weighted by molar-refractivity contribution is 7.80. The van der Waals surface area contributed by atoms with Crippen molar-refractivity contribution >= 4 is 30.1 Å². The van der Waals surface area contributed by atoms with Gasteiger partial charge in [-0.05, 0) is 30.2 Å². The number of carbonyl (C=O) groups excluding carboxylic acids is 2. The highest BCUT2D eigenvalue weighted by Crippen LogP contribution is 2.27. The van der Waals surface area contributed by atoms with E-state index in [4.69, 9.17) is 0 Å². The first-order valence-corrected chi connectivity index (χ1v) is 6.55. The number of fused-ring (bicyclic) bond motifs is 1. The number of thiol groups is 1. The Morgan fingerprint density at radius 3 is 2.94 bits per heavy atom. The molecule has 0 saturated carbocycles. The summed E-state index contributed by atoms with van der Waals surface area (Å²) < 4.78 is 0. The number of anilines is 1. The Morgan fingerprint density at radius 1 is 1.44 bits per heavy atom. The molecule has 0 saturated heterocycles. The summed E-state index contributed by atoms with van der Waals surface area (Å²) in [6.07, 6.45) is 1.21. The lowest BCUT2D eigenvalue weighted by Crippen LogP contribution is -2.31. The van der Waals surface area contributed by atoms with Crippen LogP contribution in [0.15, 0.2) is 18.2 Å². The van der Waals surface area contributed by atoms with E-state index < -0.39 is 0 Å². The predicted octanol–water partition coefficient (Wildman–Crippen LogP) is 1.26. The molecule has 1 heterocycles. The second-order valence-electron chi connectivity index (χ2n) is 4.28. The van der Waals surface area contributed by atoms with Gasteiger partial charge >= 0.3 is 0 Å². The van der Waals surface area contributed by atoms with Crippen LogP contribution in [0.25, 0.3) is 0 Å². The van der Waals surface area contributed by atoms with E-state index in [2.05, 4.69) is 17.9 Å². The van der Waals surface area contributed by atoms with E-state index in [1.165, 1.54) is 0 Å². The van der Waals surface area contributed by atoms with E-state index in [0.29, 0.717) is 30.7 Å². The summed E-state index contributed by atoms with van der Waals surface area (Å²) in [6, 6.07) is 5.45. The van der Waals surface area contributed by atoms with Gasteiger partial charge in [0.25, 0.3) is 5.91 Å². The number of nitrogens with zero attached hydrogens (tertiary/aromatic N) is 1. The molecular weight excluding hydrogens is 248 g/mol. The van der Waals surface area contributed by atoms with Gasteiger partial charge in [0.15, 0.2) is 0 Å². The van der Waals surface area contributed by atoms with E-state index >= 15 is 0 Å². The number of hydrogen-bond donors (Lipinski definition) is 2. The molecule has 2 rings (SSSR count). The molecule has 5 heteroatoms. The summed E-state index contributed by atoms with van der Waals surface area (Å²) in [5.74, 6) is 0.648. The van der Waals surface area contributed by atoms with Crippen molar-refractivity contribution in [2.45, 2.75) is 12.8 Å². The van der Waals surface area contributed by atoms with Crippen molar-refractivity contribution in [2.75, 3.05) is 24.2 Å². The van der Waals surface area contributed by atoms with Gasteiger partial charge in [-0.2, -0.15) is 12.6 Å². The van der Waals surface area contributed by atoms with Crippen LogP contribution in [0, 0.1) is 0 Å². The van der Waals surface area contributed by atoms with Crippen molar-refractivity contribution < 1.29 is 9.59 Å². The van der Waals surface area contributed by atoms with Crippen molar-refractivity contribution in [1.82, 2.24) is 5.32 Å². The Bertz CT molecular complexity index is 488. The topological polar surface area (TPSA) is 49.4 Å². The summed E-state index contributed by atoms with van der Waals surface area (Å²) >= 11 is 4.05. The third-order valence-corrected chi connectivity index (χ3v) is 3.31. The smallest absolute Gasteiger partial charge is 0.251 e. The molecule has 18 heavy (non-hydrogen) atoms. The highest BCUT2D eigenvalue weighted by atomic mass is 32.1. The molecule has 0 unspecified atom stereocenters. The van der Waals surface area contributed by atoms with Crippen molar-refractivity contribution in [3.8, 4) is 0 Å². The van der Waals surface area contributed by atoms with Crippen LogP contribution in [0.3, 0.4) is 0 Å². The Balaban J connectivity index is 2.22. The number of carbonyl (C=O) groups is 2. The van der Waals surface area contributed by atoms with Crippen LogP contribution in [0.5, 0.6) is 0 Å².